The highest BCUT2D eigenvalue weighted by Gasteiger charge is 2.63. The summed E-state index contributed by atoms with van der Waals surface area (Å²) in [6.45, 7) is 11.0. The van der Waals surface area contributed by atoms with E-state index in [4.69, 9.17) is 14.2 Å². The molecule has 7 unspecified atom stereocenters. The molecule has 3 aliphatic rings. The molecule has 0 spiro atoms. The average molecular weight is 378 g/mol. The van der Waals surface area contributed by atoms with Crippen molar-refractivity contribution in [3.05, 3.63) is 12.7 Å². The fraction of sp³-hybridized carbons (Fsp3) is 0.762. The van der Waals surface area contributed by atoms with Crippen LogP contribution in [-0.2, 0) is 28.6 Å². The normalized spacial score (nSPS) is 35.1. The Morgan fingerprint density at radius 3 is 2.56 bits per heavy atom. The van der Waals surface area contributed by atoms with Crippen LogP contribution in [0.5, 0.6) is 0 Å². The minimum Gasteiger partial charge on any atom is -0.458 e. The maximum absolute atomic E-state index is 13.1. The van der Waals surface area contributed by atoms with Crippen LogP contribution < -0.4 is 0 Å². The van der Waals surface area contributed by atoms with Gasteiger partial charge in [-0.25, -0.2) is 4.79 Å². The summed E-state index contributed by atoms with van der Waals surface area (Å²) < 4.78 is 16.9. The molecule has 27 heavy (non-hydrogen) atoms. The number of carbonyl (C=O) groups is 3. The van der Waals surface area contributed by atoms with E-state index in [0.29, 0.717) is 19.3 Å². The van der Waals surface area contributed by atoms with Gasteiger partial charge in [-0.05, 0) is 39.5 Å². The smallest absolute Gasteiger partial charge is 0.330 e. The zero-order valence-corrected chi connectivity index (χ0v) is 16.7. The van der Waals surface area contributed by atoms with E-state index in [0.717, 1.165) is 18.9 Å². The van der Waals surface area contributed by atoms with Gasteiger partial charge in [0.2, 0.25) is 0 Å². The molecule has 3 fully saturated rings. The van der Waals surface area contributed by atoms with Crippen molar-refractivity contribution in [3.63, 3.8) is 0 Å². The summed E-state index contributed by atoms with van der Waals surface area (Å²) in [4.78, 5) is 36.7. The largest absolute Gasteiger partial charge is 0.458 e. The van der Waals surface area contributed by atoms with Crippen LogP contribution in [0.2, 0.25) is 0 Å². The van der Waals surface area contributed by atoms with Gasteiger partial charge in [0.15, 0.2) is 0 Å². The number of carbonyl (C=O) groups excluding carboxylic acids is 3. The number of esters is 3. The fourth-order valence-corrected chi connectivity index (χ4v) is 5.01. The highest BCUT2D eigenvalue weighted by molar-refractivity contribution is 5.82. The van der Waals surface area contributed by atoms with Gasteiger partial charge in [-0.3, -0.25) is 9.59 Å². The molecule has 6 heteroatoms. The maximum atomic E-state index is 13.1. The molecule has 0 aromatic heterocycles. The molecule has 1 heterocycles. The first-order valence-electron chi connectivity index (χ1n) is 9.93. The monoisotopic (exact) mass is 378 g/mol. The van der Waals surface area contributed by atoms with E-state index in [1.165, 1.54) is 0 Å². The van der Waals surface area contributed by atoms with Gasteiger partial charge in [-0.1, -0.05) is 20.4 Å². The molecule has 1 aliphatic heterocycles. The van der Waals surface area contributed by atoms with Crippen LogP contribution in [0.1, 0.15) is 59.8 Å². The van der Waals surface area contributed by atoms with E-state index in [-0.39, 0.29) is 41.9 Å². The summed E-state index contributed by atoms with van der Waals surface area (Å²) in [6.07, 6.45) is 3.64. The zero-order valence-electron chi connectivity index (χ0n) is 16.7. The third-order valence-corrected chi connectivity index (χ3v) is 6.96. The third kappa shape index (κ3) is 3.39. The predicted molar refractivity (Wildman–Crippen MR) is 97.5 cm³/mol. The highest BCUT2D eigenvalue weighted by atomic mass is 16.6. The van der Waals surface area contributed by atoms with Crippen molar-refractivity contribution in [2.45, 2.75) is 77.6 Å². The van der Waals surface area contributed by atoms with E-state index in [1.807, 2.05) is 27.7 Å². The van der Waals surface area contributed by atoms with Crippen LogP contribution in [0.25, 0.3) is 0 Å². The molecule has 1 saturated heterocycles. The van der Waals surface area contributed by atoms with Crippen LogP contribution in [0.3, 0.4) is 0 Å². The van der Waals surface area contributed by atoms with Crippen LogP contribution in [0.15, 0.2) is 12.7 Å². The van der Waals surface area contributed by atoms with E-state index in [9.17, 15) is 14.4 Å². The predicted octanol–water partition coefficient (Wildman–Crippen LogP) is 3.18. The molecule has 2 bridgehead atoms. The number of ether oxygens (including phenoxy) is 3. The van der Waals surface area contributed by atoms with E-state index >= 15 is 0 Å². The third-order valence-electron chi connectivity index (χ3n) is 6.96. The Bertz CT molecular complexity index is 657. The van der Waals surface area contributed by atoms with Crippen molar-refractivity contribution in [1.29, 1.82) is 0 Å². The highest BCUT2D eigenvalue weighted by Crippen LogP contribution is 2.55. The molecular formula is C21H30O6. The summed E-state index contributed by atoms with van der Waals surface area (Å²) >= 11 is 0. The standard InChI is InChI=1S/C21H30O6/c1-6-15(22)27-21(5,8-3)11-20(4,7-2)19(24)26-16-12-9-13-14(10-12)18(23)25-17(13)16/h6,12-14,16-17H,1,7-11H2,2-5H3. The van der Waals surface area contributed by atoms with Gasteiger partial charge >= 0.3 is 17.9 Å². The molecule has 0 N–H and O–H groups in total. The summed E-state index contributed by atoms with van der Waals surface area (Å²) in [6, 6.07) is 0. The van der Waals surface area contributed by atoms with Gasteiger partial charge in [0, 0.05) is 24.3 Å². The van der Waals surface area contributed by atoms with Crippen molar-refractivity contribution < 1.29 is 28.6 Å². The SMILES string of the molecule is C=CC(=O)OC(C)(CC)CC(C)(CC)C(=O)OC1C2CC3C(=O)OC1C3C2. The Morgan fingerprint density at radius 1 is 1.26 bits per heavy atom. The maximum Gasteiger partial charge on any atom is 0.330 e. The fourth-order valence-electron chi connectivity index (χ4n) is 5.01. The van der Waals surface area contributed by atoms with Crippen LogP contribution >= 0.6 is 0 Å². The van der Waals surface area contributed by atoms with Gasteiger partial charge in [-0.2, -0.15) is 0 Å². The minimum atomic E-state index is -0.796. The second kappa shape index (κ2) is 6.95. The minimum absolute atomic E-state index is 0.00536. The Morgan fingerprint density at radius 2 is 1.96 bits per heavy atom. The Labute approximate surface area is 160 Å². The van der Waals surface area contributed by atoms with Crippen molar-refractivity contribution in [2.24, 2.45) is 23.2 Å². The van der Waals surface area contributed by atoms with Crippen LogP contribution in [0.4, 0.5) is 0 Å². The first-order valence-corrected chi connectivity index (χ1v) is 9.93. The van der Waals surface area contributed by atoms with Crippen LogP contribution in [-0.4, -0.2) is 35.7 Å². The summed E-state index contributed by atoms with van der Waals surface area (Å²) in [7, 11) is 0. The van der Waals surface area contributed by atoms with Crippen molar-refractivity contribution in [3.8, 4) is 0 Å². The topological polar surface area (TPSA) is 78.9 Å². The van der Waals surface area contributed by atoms with Gasteiger partial charge in [0.25, 0.3) is 0 Å². The molecule has 0 aromatic rings. The van der Waals surface area contributed by atoms with Crippen LogP contribution in [0, 0.1) is 23.2 Å². The molecule has 150 valence electrons. The van der Waals surface area contributed by atoms with Gasteiger partial charge in [-0.15, -0.1) is 0 Å². The van der Waals surface area contributed by atoms with E-state index in [2.05, 4.69) is 6.58 Å². The lowest BCUT2D eigenvalue weighted by Gasteiger charge is -2.38. The number of rotatable bonds is 8. The number of hydrogen-bond acceptors (Lipinski definition) is 6. The molecule has 6 nitrogen and oxygen atoms in total. The molecule has 7 atom stereocenters. The molecular weight excluding hydrogens is 348 g/mol. The zero-order chi connectivity index (χ0) is 20.0. The quantitative estimate of drug-likeness (QED) is 0.367. The van der Waals surface area contributed by atoms with E-state index < -0.39 is 17.0 Å². The molecule has 2 aliphatic carbocycles. The van der Waals surface area contributed by atoms with Crippen molar-refractivity contribution in [2.75, 3.05) is 0 Å². The molecule has 2 saturated carbocycles. The van der Waals surface area contributed by atoms with Crippen molar-refractivity contribution in [1.82, 2.24) is 0 Å². The summed E-state index contributed by atoms with van der Waals surface area (Å²) in [5, 5.41) is 0. The average Bonchev–Trinajstić information content (AvgIpc) is 3.26. The van der Waals surface area contributed by atoms with E-state index in [1.54, 1.807) is 0 Å². The Balaban J connectivity index is 1.70. The Kier molecular flexibility index (Phi) is 5.12. The van der Waals surface area contributed by atoms with Gasteiger partial charge < -0.3 is 14.2 Å². The Hall–Kier alpha value is -1.85. The molecule has 0 amide bonds. The number of fused-ring (bicyclic) bond motifs is 1. The lowest BCUT2D eigenvalue weighted by molar-refractivity contribution is -0.178. The van der Waals surface area contributed by atoms with Gasteiger partial charge in [0.05, 0.1) is 11.3 Å². The first kappa shape index (κ1) is 19.9. The summed E-state index contributed by atoms with van der Waals surface area (Å²) in [5.41, 5.74) is -1.58. The van der Waals surface area contributed by atoms with Gasteiger partial charge in [0.1, 0.15) is 17.8 Å². The first-order chi connectivity index (χ1) is 12.7. The number of hydrogen-bond donors (Lipinski definition) is 0. The molecule has 0 radical (unpaired) electrons. The summed E-state index contributed by atoms with van der Waals surface area (Å²) in [5.74, 6) is -0.548. The lowest BCUT2D eigenvalue weighted by atomic mass is 9.76. The second-order valence-corrected chi connectivity index (χ2v) is 8.79. The molecule has 3 rings (SSSR count). The molecule has 0 aromatic carbocycles. The second-order valence-electron chi connectivity index (χ2n) is 8.79. The lowest BCUT2D eigenvalue weighted by Crippen LogP contribution is -2.44. The van der Waals surface area contributed by atoms with Crippen molar-refractivity contribution >= 4 is 17.9 Å².